The van der Waals surface area contributed by atoms with Gasteiger partial charge in [-0.25, -0.2) is 0 Å². The molecule has 1 N–H and O–H groups in total. The molecule has 0 aliphatic rings. The molecule has 0 atom stereocenters. The Hall–Kier alpha value is -1.34. The molecule has 0 aliphatic heterocycles. The number of rotatable bonds is 7. The van der Waals surface area contributed by atoms with Crippen molar-refractivity contribution in [3.63, 3.8) is 0 Å². The van der Waals surface area contributed by atoms with Crippen molar-refractivity contribution in [2.24, 2.45) is 5.92 Å². The molecule has 5 nitrogen and oxygen atoms in total. The van der Waals surface area contributed by atoms with Crippen LogP contribution in [-0.4, -0.2) is 34.4 Å². The van der Waals surface area contributed by atoms with Gasteiger partial charge in [-0.1, -0.05) is 47.6 Å². The smallest absolute Gasteiger partial charge is 0.323 e. The number of amides is 1. The van der Waals surface area contributed by atoms with E-state index in [1.807, 2.05) is 39.8 Å². The summed E-state index contributed by atoms with van der Waals surface area (Å²) in [5.74, 6) is -1.32. The Kier molecular flexibility index (Phi) is 7.96. The van der Waals surface area contributed by atoms with Crippen LogP contribution in [0.5, 0.6) is 0 Å². The van der Waals surface area contributed by atoms with E-state index in [0.29, 0.717) is 12.1 Å². The number of thioether (sulfide) groups is 1. The SMILES string of the molecule is Cc1ccc(Br)c(C)c1N(CC(=O)O)C(=O)CSC(=O)CC(C)C. The Balaban J connectivity index is 3.02. The van der Waals surface area contributed by atoms with Gasteiger partial charge >= 0.3 is 5.97 Å². The lowest BCUT2D eigenvalue weighted by molar-refractivity contribution is -0.136. The minimum atomic E-state index is -1.10. The Morgan fingerprint density at radius 1 is 1.25 bits per heavy atom. The molecular formula is C17H22BrNO4S. The first kappa shape index (κ1) is 20.7. The molecule has 1 rings (SSSR count). The minimum absolute atomic E-state index is 0.0590. The molecule has 24 heavy (non-hydrogen) atoms. The quantitative estimate of drug-likeness (QED) is 0.732. The highest BCUT2D eigenvalue weighted by Gasteiger charge is 2.24. The largest absolute Gasteiger partial charge is 0.480 e. The second-order valence-corrected chi connectivity index (χ2v) is 7.86. The number of halogens is 1. The minimum Gasteiger partial charge on any atom is -0.480 e. The topological polar surface area (TPSA) is 74.7 Å². The van der Waals surface area contributed by atoms with Crippen LogP contribution in [0.2, 0.25) is 0 Å². The third kappa shape index (κ3) is 5.94. The second kappa shape index (κ2) is 9.22. The first-order chi connectivity index (χ1) is 11.1. The number of hydrogen-bond donors (Lipinski definition) is 1. The van der Waals surface area contributed by atoms with Crippen molar-refractivity contribution in [2.75, 3.05) is 17.2 Å². The third-order valence-corrected chi connectivity index (χ3v) is 5.10. The van der Waals surface area contributed by atoms with E-state index in [1.165, 1.54) is 4.90 Å². The van der Waals surface area contributed by atoms with Gasteiger partial charge in [-0.2, -0.15) is 0 Å². The zero-order valence-corrected chi connectivity index (χ0v) is 16.7. The van der Waals surface area contributed by atoms with Crippen molar-refractivity contribution in [3.05, 3.63) is 27.7 Å². The number of nitrogens with zero attached hydrogens (tertiary/aromatic N) is 1. The Bertz CT molecular complexity index is 646. The van der Waals surface area contributed by atoms with Crippen molar-refractivity contribution >= 4 is 50.4 Å². The van der Waals surface area contributed by atoms with Crippen LogP contribution in [0.15, 0.2) is 16.6 Å². The van der Waals surface area contributed by atoms with Crippen LogP contribution < -0.4 is 4.90 Å². The number of hydrogen-bond acceptors (Lipinski definition) is 4. The Morgan fingerprint density at radius 2 is 1.88 bits per heavy atom. The number of benzene rings is 1. The molecule has 0 aromatic heterocycles. The van der Waals surface area contributed by atoms with E-state index in [4.69, 9.17) is 5.11 Å². The molecule has 0 saturated heterocycles. The van der Waals surface area contributed by atoms with Gasteiger partial charge in [0.05, 0.1) is 11.4 Å². The van der Waals surface area contributed by atoms with Crippen molar-refractivity contribution in [2.45, 2.75) is 34.1 Å². The molecule has 0 saturated carbocycles. The number of carboxylic acids is 1. The maximum Gasteiger partial charge on any atom is 0.323 e. The number of aliphatic carboxylic acids is 1. The Morgan fingerprint density at radius 3 is 2.42 bits per heavy atom. The molecule has 1 amide bonds. The molecule has 0 spiro atoms. The molecule has 0 radical (unpaired) electrons. The molecule has 0 heterocycles. The van der Waals surface area contributed by atoms with Crippen LogP contribution in [0, 0.1) is 19.8 Å². The summed E-state index contributed by atoms with van der Waals surface area (Å²) < 4.78 is 0.801. The van der Waals surface area contributed by atoms with Crippen LogP contribution in [0.1, 0.15) is 31.4 Å². The maximum atomic E-state index is 12.6. The van der Waals surface area contributed by atoms with Crippen LogP contribution >= 0.6 is 27.7 Å². The maximum absolute atomic E-state index is 12.6. The fourth-order valence-corrected chi connectivity index (χ4v) is 3.48. The highest BCUT2D eigenvalue weighted by molar-refractivity contribution is 9.10. The van der Waals surface area contributed by atoms with Crippen molar-refractivity contribution in [3.8, 4) is 0 Å². The van der Waals surface area contributed by atoms with E-state index >= 15 is 0 Å². The summed E-state index contributed by atoms with van der Waals surface area (Å²) in [6, 6.07) is 3.68. The molecule has 1 aromatic carbocycles. The lowest BCUT2D eigenvalue weighted by Gasteiger charge is -2.25. The zero-order chi connectivity index (χ0) is 18.4. The van der Waals surface area contributed by atoms with E-state index in [1.54, 1.807) is 0 Å². The first-order valence-electron chi connectivity index (χ1n) is 7.57. The van der Waals surface area contributed by atoms with Gasteiger partial charge in [-0.15, -0.1) is 0 Å². The standard InChI is InChI=1S/C17H22BrNO4S/c1-10(2)7-16(23)24-9-14(20)19(8-15(21)22)17-11(3)5-6-13(18)12(17)4/h5-6,10H,7-9H2,1-4H3,(H,21,22). The average Bonchev–Trinajstić information content (AvgIpc) is 2.47. The van der Waals surface area contributed by atoms with E-state index in [0.717, 1.165) is 27.4 Å². The fraction of sp³-hybridized carbons (Fsp3) is 0.471. The lowest BCUT2D eigenvalue weighted by Crippen LogP contribution is -2.38. The zero-order valence-electron chi connectivity index (χ0n) is 14.3. The van der Waals surface area contributed by atoms with Gasteiger partial charge in [-0.3, -0.25) is 19.3 Å². The summed E-state index contributed by atoms with van der Waals surface area (Å²) in [4.78, 5) is 36.8. The van der Waals surface area contributed by atoms with E-state index in [-0.39, 0.29) is 22.7 Å². The molecule has 0 unspecified atom stereocenters. The van der Waals surface area contributed by atoms with Crippen LogP contribution in [0.4, 0.5) is 5.69 Å². The molecule has 0 bridgehead atoms. The molecule has 0 aliphatic carbocycles. The summed E-state index contributed by atoms with van der Waals surface area (Å²) >= 11 is 4.35. The van der Waals surface area contributed by atoms with E-state index in [9.17, 15) is 14.4 Å². The summed E-state index contributed by atoms with van der Waals surface area (Å²) in [5.41, 5.74) is 2.18. The predicted molar refractivity (Wildman–Crippen MR) is 101 cm³/mol. The predicted octanol–water partition coefficient (Wildman–Crippen LogP) is 3.79. The highest BCUT2D eigenvalue weighted by Crippen LogP contribution is 2.31. The van der Waals surface area contributed by atoms with Gasteiger partial charge in [0.15, 0.2) is 5.12 Å². The van der Waals surface area contributed by atoms with Crippen molar-refractivity contribution in [1.29, 1.82) is 0 Å². The van der Waals surface area contributed by atoms with Crippen molar-refractivity contribution in [1.82, 2.24) is 0 Å². The van der Waals surface area contributed by atoms with Gasteiger partial charge in [-0.05, 0) is 37.0 Å². The van der Waals surface area contributed by atoms with Crippen LogP contribution in [0.3, 0.4) is 0 Å². The van der Waals surface area contributed by atoms with Gasteiger partial charge in [0.25, 0.3) is 0 Å². The monoisotopic (exact) mass is 415 g/mol. The summed E-state index contributed by atoms with van der Waals surface area (Å²) in [6.07, 6.45) is 0.395. The summed E-state index contributed by atoms with van der Waals surface area (Å²) in [5, 5.41) is 9.10. The number of anilines is 1. The van der Waals surface area contributed by atoms with Gasteiger partial charge in [0, 0.05) is 10.9 Å². The van der Waals surface area contributed by atoms with Gasteiger partial charge in [0.1, 0.15) is 6.54 Å². The number of carboxylic acid groups (broad SMARTS) is 1. The van der Waals surface area contributed by atoms with E-state index in [2.05, 4.69) is 15.9 Å². The lowest BCUT2D eigenvalue weighted by atomic mass is 10.1. The van der Waals surface area contributed by atoms with Crippen molar-refractivity contribution < 1.29 is 19.5 Å². The fourth-order valence-electron chi connectivity index (χ4n) is 2.27. The first-order valence-corrected chi connectivity index (χ1v) is 9.34. The molecular weight excluding hydrogens is 394 g/mol. The molecule has 7 heteroatoms. The average molecular weight is 416 g/mol. The van der Waals surface area contributed by atoms with E-state index < -0.39 is 12.5 Å². The number of carbonyl (C=O) groups is 3. The molecule has 1 aromatic rings. The van der Waals surface area contributed by atoms with Crippen LogP contribution in [-0.2, 0) is 14.4 Å². The number of aryl methyl sites for hydroxylation is 1. The normalized spacial score (nSPS) is 10.8. The molecule has 0 fully saturated rings. The summed E-state index contributed by atoms with van der Waals surface area (Å²) in [7, 11) is 0. The van der Waals surface area contributed by atoms with Gasteiger partial charge < -0.3 is 5.11 Å². The van der Waals surface area contributed by atoms with Crippen LogP contribution in [0.25, 0.3) is 0 Å². The second-order valence-electron chi connectivity index (χ2n) is 5.97. The summed E-state index contributed by atoms with van der Waals surface area (Å²) in [6.45, 7) is 7.09. The third-order valence-electron chi connectivity index (χ3n) is 3.36. The number of carbonyl (C=O) groups excluding carboxylic acids is 2. The van der Waals surface area contributed by atoms with Gasteiger partial charge in [0.2, 0.25) is 5.91 Å². The molecule has 132 valence electrons. The highest BCUT2D eigenvalue weighted by atomic mass is 79.9. The Labute approximate surface area is 154 Å².